The molecule has 1 unspecified atom stereocenters. The number of ether oxygens (including phenoxy) is 2. The molecule has 2 aromatic rings. The van der Waals surface area contributed by atoms with Crippen LogP contribution in [0.3, 0.4) is 0 Å². The van der Waals surface area contributed by atoms with Crippen LogP contribution in [0.25, 0.3) is 0 Å². The third-order valence-corrected chi connectivity index (χ3v) is 3.72. The van der Waals surface area contributed by atoms with Crippen molar-refractivity contribution >= 4 is 19.3 Å². The second kappa shape index (κ2) is 5.37. The van der Waals surface area contributed by atoms with E-state index in [9.17, 15) is 4.39 Å². The topological polar surface area (TPSA) is 56.8 Å². The average molecular weight is 296 g/mol. The number of nitrogens with zero attached hydrogens (tertiary/aromatic N) is 1. The zero-order valence-corrected chi connectivity index (χ0v) is 12.0. The molecule has 1 aliphatic heterocycles. The Morgan fingerprint density at radius 3 is 2.64 bits per heavy atom. The number of hydrogen-bond acceptors (Lipinski definition) is 4. The molecule has 4 nitrogen and oxygen atoms in total. The number of amidine groups is 1. The number of benzene rings is 2. The van der Waals surface area contributed by atoms with Gasteiger partial charge >= 0.3 is 0 Å². The van der Waals surface area contributed by atoms with Gasteiger partial charge in [-0.05, 0) is 23.3 Å². The molecule has 0 fully saturated rings. The Morgan fingerprint density at radius 2 is 2.05 bits per heavy atom. The first-order valence-corrected chi connectivity index (χ1v) is 6.73. The van der Waals surface area contributed by atoms with Crippen molar-refractivity contribution in [3.63, 3.8) is 0 Å². The van der Waals surface area contributed by atoms with Gasteiger partial charge in [0.1, 0.15) is 14.5 Å². The van der Waals surface area contributed by atoms with Gasteiger partial charge in [0.05, 0.1) is 7.11 Å². The minimum atomic E-state index is -0.910. The lowest BCUT2D eigenvalue weighted by molar-refractivity contribution is 0.278. The summed E-state index contributed by atoms with van der Waals surface area (Å²) in [5, 5.41) is 0. The predicted molar refractivity (Wildman–Crippen MR) is 83.1 cm³/mol. The van der Waals surface area contributed by atoms with Crippen LogP contribution in [-0.4, -0.2) is 27.6 Å². The highest BCUT2D eigenvalue weighted by molar-refractivity contribution is 6.32. The van der Waals surface area contributed by atoms with Crippen LogP contribution < -0.4 is 15.9 Å². The maximum atomic E-state index is 14.1. The molecule has 0 aliphatic carbocycles. The minimum absolute atomic E-state index is 0.0682. The van der Waals surface area contributed by atoms with E-state index >= 15 is 0 Å². The number of aliphatic imine (C=N–C) groups is 1. The Kier molecular flexibility index (Phi) is 3.52. The van der Waals surface area contributed by atoms with Crippen LogP contribution in [0.15, 0.2) is 47.5 Å². The van der Waals surface area contributed by atoms with Crippen molar-refractivity contribution in [2.45, 2.75) is 5.54 Å². The van der Waals surface area contributed by atoms with E-state index in [0.717, 1.165) is 5.56 Å². The fraction of sp³-hybridized carbons (Fsp3) is 0.188. The summed E-state index contributed by atoms with van der Waals surface area (Å²) in [6.07, 6.45) is 0. The maximum absolute atomic E-state index is 14.1. The smallest absolute Gasteiger partial charge is 0.283 e. The molecule has 0 amide bonds. The van der Waals surface area contributed by atoms with E-state index < -0.39 is 11.4 Å². The maximum Gasteiger partial charge on any atom is 0.283 e. The molecule has 2 N–H and O–H groups in total. The molecule has 2 aromatic carbocycles. The lowest BCUT2D eigenvalue weighted by atomic mass is 9.81. The highest BCUT2D eigenvalue weighted by atomic mass is 19.1. The first kappa shape index (κ1) is 14.4. The fourth-order valence-corrected chi connectivity index (χ4v) is 2.61. The van der Waals surface area contributed by atoms with Crippen molar-refractivity contribution in [3.05, 3.63) is 59.4 Å². The van der Waals surface area contributed by atoms with Gasteiger partial charge in [0.15, 0.2) is 17.1 Å². The summed E-state index contributed by atoms with van der Waals surface area (Å²) in [6.45, 7) is 0.189. The van der Waals surface area contributed by atoms with E-state index in [2.05, 4.69) is 4.99 Å². The van der Waals surface area contributed by atoms with Gasteiger partial charge in [0, 0.05) is 0 Å². The van der Waals surface area contributed by atoms with Gasteiger partial charge in [-0.1, -0.05) is 35.8 Å². The van der Waals surface area contributed by atoms with E-state index in [1.807, 2.05) is 12.1 Å². The molecular formula is C16H14BFN2O2. The standard InChI is InChI=1S/C16H14BFN2O2/c1-21-14-6-5-11(8-13(14)18)16(9-22-15(19)20-16)10-3-2-4-12(17)7-10/h2-8H,9H2,1H3,(H2,19,20). The number of rotatable bonds is 3. The van der Waals surface area contributed by atoms with Crippen molar-refractivity contribution in [1.82, 2.24) is 0 Å². The molecule has 110 valence electrons. The molecule has 1 heterocycles. The number of methoxy groups -OCH3 is 1. The van der Waals surface area contributed by atoms with Crippen molar-refractivity contribution < 1.29 is 13.9 Å². The summed E-state index contributed by atoms with van der Waals surface area (Å²) in [5.41, 5.74) is 6.79. The van der Waals surface area contributed by atoms with E-state index in [1.165, 1.54) is 13.2 Å². The Bertz CT molecular complexity index is 751. The van der Waals surface area contributed by atoms with Gasteiger partial charge in [-0.15, -0.1) is 0 Å². The summed E-state index contributed by atoms with van der Waals surface area (Å²) in [7, 11) is 7.28. The Labute approximate surface area is 129 Å². The molecule has 1 atom stereocenters. The third-order valence-electron chi connectivity index (χ3n) is 3.72. The highest BCUT2D eigenvalue weighted by Gasteiger charge is 2.40. The van der Waals surface area contributed by atoms with E-state index in [-0.39, 0.29) is 18.4 Å². The first-order valence-electron chi connectivity index (χ1n) is 6.73. The molecule has 1 aliphatic rings. The molecule has 2 radical (unpaired) electrons. The van der Waals surface area contributed by atoms with Gasteiger partial charge in [-0.25, -0.2) is 9.38 Å². The normalized spacial score (nSPS) is 20.4. The summed E-state index contributed by atoms with van der Waals surface area (Å²) in [4.78, 5) is 4.41. The monoisotopic (exact) mass is 296 g/mol. The molecular weight excluding hydrogens is 282 g/mol. The van der Waals surface area contributed by atoms with Crippen LogP contribution in [0.5, 0.6) is 5.75 Å². The molecule has 6 heteroatoms. The summed E-state index contributed by atoms with van der Waals surface area (Å²) < 4.78 is 24.4. The van der Waals surface area contributed by atoms with E-state index in [4.69, 9.17) is 23.1 Å². The van der Waals surface area contributed by atoms with Crippen molar-refractivity contribution in [2.75, 3.05) is 13.7 Å². The van der Waals surface area contributed by atoms with Crippen molar-refractivity contribution in [2.24, 2.45) is 10.7 Å². The molecule has 22 heavy (non-hydrogen) atoms. The predicted octanol–water partition coefficient (Wildman–Crippen LogP) is 1.22. The zero-order chi connectivity index (χ0) is 15.7. The number of hydrogen-bond donors (Lipinski definition) is 1. The largest absolute Gasteiger partial charge is 0.494 e. The third kappa shape index (κ3) is 2.30. The molecule has 0 bridgehead atoms. The lowest BCUT2D eigenvalue weighted by Gasteiger charge is -2.26. The van der Waals surface area contributed by atoms with Crippen LogP contribution in [0, 0.1) is 5.82 Å². The Morgan fingerprint density at radius 1 is 1.27 bits per heavy atom. The first-order chi connectivity index (χ1) is 10.5. The Balaban J connectivity index is 2.18. The van der Waals surface area contributed by atoms with Crippen LogP contribution >= 0.6 is 0 Å². The SMILES string of the molecule is [B]c1cccc(C2(c3ccc(OC)c(F)c3)COC(N)=N2)c1. The zero-order valence-electron chi connectivity index (χ0n) is 12.0. The summed E-state index contributed by atoms with van der Waals surface area (Å²) in [5.74, 6) is -0.300. The molecule has 0 saturated heterocycles. The van der Waals surface area contributed by atoms with Gasteiger partial charge in [-0.2, -0.15) is 0 Å². The molecule has 0 aromatic heterocycles. The fourth-order valence-electron chi connectivity index (χ4n) is 2.61. The van der Waals surface area contributed by atoms with Crippen molar-refractivity contribution in [1.29, 1.82) is 0 Å². The highest BCUT2D eigenvalue weighted by Crippen LogP contribution is 2.38. The van der Waals surface area contributed by atoms with Crippen LogP contribution in [0.1, 0.15) is 11.1 Å². The van der Waals surface area contributed by atoms with Crippen LogP contribution in [-0.2, 0) is 10.3 Å². The van der Waals surface area contributed by atoms with Gasteiger partial charge in [0.2, 0.25) is 0 Å². The second-order valence-corrected chi connectivity index (χ2v) is 5.07. The molecule has 0 spiro atoms. The summed E-state index contributed by atoms with van der Waals surface area (Å²) >= 11 is 0. The van der Waals surface area contributed by atoms with Gasteiger partial charge in [0.25, 0.3) is 6.02 Å². The van der Waals surface area contributed by atoms with E-state index in [0.29, 0.717) is 11.0 Å². The van der Waals surface area contributed by atoms with Crippen molar-refractivity contribution in [3.8, 4) is 5.75 Å². The lowest BCUT2D eigenvalue weighted by Crippen LogP contribution is -2.28. The quantitative estimate of drug-likeness (QED) is 0.866. The molecule has 0 saturated carbocycles. The number of halogens is 1. The average Bonchev–Trinajstić information content (AvgIpc) is 2.90. The van der Waals surface area contributed by atoms with Gasteiger partial charge < -0.3 is 15.2 Å². The summed E-state index contributed by atoms with van der Waals surface area (Å²) in [6, 6.07) is 12.0. The van der Waals surface area contributed by atoms with Gasteiger partial charge in [-0.3, -0.25) is 0 Å². The number of nitrogens with two attached hydrogens (primary N) is 1. The van der Waals surface area contributed by atoms with E-state index in [1.54, 1.807) is 24.3 Å². The molecule has 3 rings (SSSR count). The van der Waals surface area contributed by atoms with Crippen LogP contribution in [0.2, 0.25) is 0 Å². The second-order valence-electron chi connectivity index (χ2n) is 5.07. The Hall–Kier alpha value is -2.50. The minimum Gasteiger partial charge on any atom is -0.494 e. The van der Waals surface area contributed by atoms with Crippen LogP contribution in [0.4, 0.5) is 4.39 Å².